The molecular weight excluding hydrogens is 440 g/mol. The maximum Gasteiger partial charge on any atom is 0.251 e. The molecule has 0 heterocycles. The Labute approximate surface area is 200 Å². The molecule has 2 amide bonds. The van der Waals surface area contributed by atoms with Crippen LogP contribution in [0.2, 0.25) is 5.02 Å². The first kappa shape index (κ1) is 26.2. The average molecular weight is 471 g/mol. The smallest absolute Gasteiger partial charge is 0.251 e. The van der Waals surface area contributed by atoms with E-state index < -0.39 is 18.1 Å². The summed E-state index contributed by atoms with van der Waals surface area (Å²) >= 11 is 6.24. The normalized spacial score (nSPS) is 12.5. The van der Waals surface area contributed by atoms with Crippen molar-refractivity contribution in [2.24, 2.45) is 5.92 Å². The van der Waals surface area contributed by atoms with Crippen molar-refractivity contribution >= 4 is 23.4 Å². The van der Waals surface area contributed by atoms with Crippen molar-refractivity contribution in [3.05, 3.63) is 64.2 Å². The van der Waals surface area contributed by atoms with E-state index in [-0.39, 0.29) is 17.9 Å². The quantitative estimate of drug-likeness (QED) is 0.514. The van der Waals surface area contributed by atoms with Crippen LogP contribution >= 0.6 is 11.6 Å². The van der Waals surface area contributed by atoms with Crippen molar-refractivity contribution in [2.75, 3.05) is 7.05 Å². The van der Waals surface area contributed by atoms with Crippen molar-refractivity contribution in [3.63, 3.8) is 0 Å². The van der Waals surface area contributed by atoms with Crippen LogP contribution in [0.5, 0.6) is 5.75 Å². The van der Waals surface area contributed by atoms with Gasteiger partial charge in [0.2, 0.25) is 5.91 Å². The molecule has 0 aromatic heterocycles. The number of carbonyl (C=O) groups excluding carboxylic acids is 2. The minimum absolute atomic E-state index is 0.0440. The first-order chi connectivity index (χ1) is 15.6. The fourth-order valence-electron chi connectivity index (χ4n) is 2.90. The fraction of sp³-hybridized carbons (Fsp3) is 0.385. The van der Waals surface area contributed by atoms with Crippen LogP contribution in [0.25, 0.3) is 0 Å². The fourth-order valence-corrected chi connectivity index (χ4v) is 3.13. The molecule has 2 rings (SSSR count). The third-order valence-corrected chi connectivity index (χ3v) is 5.11. The number of hydrogen-bond acceptors (Lipinski definition) is 4. The van der Waals surface area contributed by atoms with Crippen LogP contribution in [0.1, 0.15) is 49.2 Å². The number of rotatable bonds is 8. The highest BCUT2D eigenvalue weighted by Gasteiger charge is 2.21. The molecule has 0 saturated heterocycles. The number of benzene rings is 2. The molecule has 2 unspecified atom stereocenters. The first-order valence-electron chi connectivity index (χ1n) is 10.9. The Morgan fingerprint density at radius 2 is 1.76 bits per heavy atom. The molecule has 0 aliphatic heterocycles. The van der Waals surface area contributed by atoms with Gasteiger partial charge in [0.25, 0.3) is 5.91 Å². The summed E-state index contributed by atoms with van der Waals surface area (Å²) in [6.07, 6.45) is -0.426. The number of nitrogens with one attached hydrogen (secondary N) is 2. The third kappa shape index (κ3) is 8.12. The number of aliphatic hydroxyl groups excluding tert-OH is 1. The van der Waals surface area contributed by atoms with Crippen LogP contribution in [-0.4, -0.2) is 42.2 Å². The lowest BCUT2D eigenvalue weighted by atomic mass is 10.0. The second-order valence-corrected chi connectivity index (χ2v) is 8.72. The van der Waals surface area contributed by atoms with E-state index in [1.807, 2.05) is 52.0 Å². The molecule has 0 saturated carbocycles. The second kappa shape index (κ2) is 12.3. The Morgan fingerprint density at radius 3 is 2.30 bits per heavy atom. The molecule has 0 radical (unpaired) electrons. The van der Waals surface area contributed by atoms with Crippen LogP contribution in [0.4, 0.5) is 0 Å². The summed E-state index contributed by atoms with van der Waals surface area (Å²) in [5.74, 6) is 5.59. The highest BCUT2D eigenvalue weighted by Crippen LogP contribution is 2.26. The Hall–Kier alpha value is -3.01. The van der Waals surface area contributed by atoms with Gasteiger partial charge in [-0.15, -0.1) is 0 Å². The molecule has 33 heavy (non-hydrogen) atoms. The largest absolute Gasteiger partial charge is 0.489 e. The minimum atomic E-state index is -0.771. The van der Waals surface area contributed by atoms with Crippen LogP contribution in [0.3, 0.4) is 0 Å². The predicted molar refractivity (Wildman–Crippen MR) is 130 cm³/mol. The third-order valence-electron chi connectivity index (χ3n) is 4.81. The van der Waals surface area contributed by atoms with Crippen molar-refractivity contribution in [1.29, 1.82) is 0 Å². The molecule has 0 aliphatic rings. The molecule has 2 aromatic carbocycles. The average Bonchev–Trinajstić information content (AvgIpc) is 2.78. The summed E-state index contributed by atoms with van der Waals surface area (Å²) in [6, 6.07) is 11.4. The van der Waals surface area contributed by atoms with Gasteiger partial charge in [0, 0.05) is 24.6 Å². The zero-order valence-corrected chi connectivity index (χ0v) is 20.4. The second-order valence-electron chi connectivity index (χ2n) is 8.31. The van der Waals surface area contributed by atoms with Gasteiger partial charge in [0.1, 0.15) is 17.9 Å². The van der Waals surface area contributed by atoms with E-state index in [2.05, 4.69) is 22.5 Å². The van der Waals surface area contributed by atoms with Crippen molar-refractivity contribution in [3.8, 4) is 17.6 Å². The number of amides is 2. The number of halogens is 1. The molecule has 0 aliphatic carbocycles. The maximum atomic E-state index is 12.8. The Bertz CT molecular complexity index is 1020. The lowest BCUT2D eigenvalue weighted by molar-refractivity contribution is -0.122. The van der Waals surface area contributed by atoms with Crippen molar-refractivity contribution in [2.45, 2.75) is 52.4 Å². The summed E-state index contributed by atoms with van der Waals surface area (Å²) in [5.41, 5.74) is 1.95. The lowest BCUT2D eigenvalue weighted by Crippen LogP contribution is -2.47. The standard InChI is InChI=1S/C26H31ClN2O4/c1-16(2)23(30)12-10-18-6-8-19(9-7-18)14-22(26(32)28-5)29-25(31)20-11-13-24(21(27)15-20)33-17(3)4/h6-9,11,13,15-17,22-23,30H,14H2,1-5H3,(H,28,32)(H,29,31). The molecule has 7 heteroatoms. The zero-order valence-electron chi connectivity index (χ0n) is 19.6. The molecule has 3 N–H and O–H groups in total. The van der Waals surface area contributed by atoms with Crippen LogP contribution < -0.4 is 15.4 Å². The van der Waals surface area contributed by atoms with Crippen molar-refractivity contribution < 1.29 is 19.4 Å². The molecular formula is C26H31ClN2O4. The summed E-state index contributed by atoms with van der Waals surface area (Å²) in [4.78, 5) is 25.2. The number of aliphatic hydroxyl groups is 1. The van der Waals surface area contributed by atoms with Crippen LogP contribution in [0, 0.1) is 17.8 Å². The minimum Gasteiger partial charge on any atom is -0.489 e. The van der Waals surface area contributed by atoms with Gasteiger partial charge < -0.3 is 20.5 Å². The van der Waals surface area contributed by atoms with Crippen molar-refractivity contribution in [1.82, 2.24) is 10.6 Å². The molecule has 2 atom stereocenters. The Kier molecular flexibility index (Phi) is 9.77. The summed E-state index contributed by atoms with van der Waals surface area (Å²) < 4.78 is 5.60. The first-order valence-corrected chi connectivity index (χ1v) is 11.3. The summed E-state index contributed by atoms with van der Waals surface area (Å²) in [5, 5.41) is 15.5. The topological polar surface area (TPSA) is 87.7 Å². The van der Waals surface area contributed by atoms with E-state index in [1.54, 1.807) is 12.1 Å². The maximum absolute atomic E-state index is 12.8. The van der Waals surface area contributed by atoms with Gasteiger partial charge in [-0.3, -0.25) is 9.59 Å². The van der Waals surface area contributed by atoms with E-state index in [9.17, 15) is 14.7 Å². The van der Waals surface area contributed by atoms with E-state index in [0.717, 1.165) is 11.1 Å². The number of likely N-dealkylation sites (N-methyl/N-ethyl adjacent to an activating group) is 1. The molecule has 0 spiro atoms. The van der Waals surface area contributed by atoms with Gasteiger partial charge in [-0.05, 0) is 55.7 Å². The van der Waals surface area contributed by atoms with Gasteiger partial charge in [-0.2, -0.15) is 0 Å². The summed E-state index contributed by atoms with van der Waals surface area (Å²) in [7, 11) is 1.52. The van der Waals surface area contributed by atoms with Gasteiger partial charge in [-0.1, -0.05) is 49.4 Å². The Balaban J connectivity index is 2.11. The monoisotopic (exact) mass is 470 g/mol. The zero-order chi connectivity index (χ0) is 24.5. The number of hydrogen-bond donors (Lipinski definition) is 3. The van der Waals surface area contributed by atoms with Crippen LogP contribution in [-0.2, 0) is 11.2 Å². The van der Waals surface area contributed by atoms with E-state index >= 15 is 0 Å². The van der Waals surface area contributed by atoms with E-state index in [4.69, 9.17) is 16.3 Å². The summed E-state index contributed by atoms with van der Waals surface area (Å²) in [6.45, 7) is 7.58. The number of ether oxygens (including phenoxy) is 1. The van der Waals surface area contributed by atoms with E-state index in [1.165, 1.54) is 13.1 Å². The Morgan fingerprint density at radius 1 is 1.09 bits per heavy atom. The van der Waals surface area contributed by atoms with Gasteiger partial charge >= 0.3 is 0 Å². The van der Waals surface area contributed by atoms with Gasteiger partial charge in [0.05, 0.1) is 11.1 Å². The predicted octanol–water partition coefficient (Wildman–Crippen LogP) is 3.58. The SMILES string of the molecule is CNC(=O)C(Cc1ccc(C#CC(O)C(C)C)cc1)NC(=O)c1ccc(OC(C)C)c(Cl)c1. The number of carbonyl (C=O) groups is 2. The molecule has 6 nitrogen and oxygen atoms in total. The van der Waals surface area contributed by atoms with Gasteiger partial charge in [-0.25, -0.2) is 0 Å². The molecule has 2 aromatic rings. The molecule has 0 fully saturated rings. The highest BCUT2D eigenvalue weighted by atomic mass is 35.5. The molecule has 0 bridgehead atoms. The van der Waals surface area contributed by atoms with Crippen LogP contribution in [0.15, 0.2) is 42.5 Å². The van der Waals surface area contributed by atoms with Gasteiger partial charge in [0.15, 0.2) is 0 Å². The lowest BCUT2D eigenvalue weighted by Gasteiger charge is -2.18. The molecule has 176 valence electrons. The van der Waals surface area contributed by atoms with E-state index in [0.29, 0.717) is 22.8 Å². The highest BCUT2D eigenvalue weighted by molar-refractivity contribution is 6.32.